The molecule has 4 amide bonds. The van der Waals surface area contributed by atoms with Gasteiger partial charge in [-0.1, -0.05) is 82.8 Å². The quantitative estimate of drug-likeness (QED) is 0.0288. The van der Waals surface area contributed by atoms with Crippen molar-refractivity contribution in [3.05, 3.63) is 139 Å². The molecule has 33 heteroatoms. The number of halogens is 9. The first-order chi connectivity index (χ1) is 46.2. The minimum absolute atomic E-state index is 0.0511. The van der Waals surface area contributed by atoms with Crippen LogP contribution in [0.3, 0.4) is 0 Å². The lowest BCUT2D eigenvalue weighted by atomic mass is 10.1. The molecule has 0 saturated carbocycles. The zero-order valence-corrected chi connectivity index (χ0v) is 61.7. The van der Waals surface area contributed by atoms with Gasteiger partial charge < -0.3 is 49.6 Å². The van der Waals surface area contributed by atoms with Crippen LogP contribution in [0.1, 0.15) is 119 Å². The Labute approximate surface area is 605 Å². The molecule has 3 aromatic carbocycles. The van der Waals surface area contributed by atoms with E-state index >= 15 is 0 Å². The highest BCUT2D eigenvalue weighted by Gasteiger charge is 2.31. The maximum Gasteiger partial charge on any atom is 0.416 e. The smallest absolute Gasteiger partial charge is 0.416 e. The molecule has 3 saturated heterocycles. The molecule has 0 aliphatic carbocycles. The summed E-state index contributed by atoms with van der Waals surface area (Å²) in [4.78, 5) is 91.7. The van der Waals surface area contributed by atoms with E-state index in [9.17, 15) is 37.1 Å². The third kappa shape index (κ3) is 32.9. The number of isocyanates is 1. The molecule has 9 rings (SSSR count). The van der Waals surface area contributed by atoms with Gasteiger partial charge in [0, 0.05) is 77.6 Å². The second-order valence-electron chi connectivity index (χ2n) is 25.7. The number of piperazine rings is 2. The number of para-hydroxylation sites is 3. The maximum absolute atomic E-state index is 12.1. The number of nitrogens with zero attached hydrogens (tertiary/aromatic N) is 11. The molecular weight excluding hydrogens is 1420 g/mol. The van der Waals surface area contributed by atoms with Crippen LogP contribution < -0.4 is 31.5 Å². The third-order valence-corrected chi connectivity index (χ3v) is 14.3. The summed E-state index contributed by atoms with van der Waals surface area (Å²) in [5.74, 6) is 2.00. The fourth-order valence-corrected chi connectivity index (χ4v) is 9.45. The van der Waals surface area contributed by atoms with E-state index in [2.05, 4.69) is 55.7 Å². The number of benzene rings is 3. The van der Waals surface area contributed by atoms with E-state index in [1.165, 1.54) is 37.0 Å². The molecule has 5 N–H and O–H groups in total. The minimum atomic E-state index is -4.41. The highest BCUT2D eigenvalue weighted by Crippen LogP contribution is 2.32. The zero-order chi connectivity index (χ0) is 73.9. The molecule has 3 aromatic heterocycles. The Hall–Kier alpha value is -7.75. The number of ether oxygens (including phenoxy) is 4. The number of rotatable bonds is 7. The standard InChI is InChI=1S/C20H26ClN5O2.C13H18Cl2N4O2.C11H16N2O2.C10H19NO2.C8H4F3NO.C4HCl3N2/c1-20(2,3)28-19(27)24-16-7-5-4-6-14(16)12-17-23-13-15(21)18(25-17)26-10-8-22-9-11-26;1-13(2,3)21-12(20)19-6-4-18(5-7-19)10-9(14)8-16-11(15)17-10;1-11(2,3)15-10(14)13-9-7-5-4-6-8(9)12;1-10(2,3)13-9(12)11-7-5-4-6-8-11;9-8(10,11)6-2-1-3-7(4-6)12-5-13;5-2-1-8-4(7)9-3(2)6/h4-7,13,22H,8-12H2,1-3H3,(H,24,27);8H,4-7H2,1-3H3;4-7H,12H2,1-3H3,(H,13,14);4-8H2,1-3H3;1-4H;1H. The first kappa shape index (κ1) is 83.7. The lowest BCUT2D eigenvalue weighted by molar-refractivity contribution is -0.137. The van der Waals surface area contributed by atoms with Crippen molar-refractivity contribution in [2.75, 3.05) is 91.6 Å². The number of nitrogens with one attached hydrogen (secondary N) is 3. The van der Waals surface area contributed by atoms with Crippen LogP contribution >= 0.6 is 69.6 Å². The van der Waals surface area contributed by atoms with Crippen LogP contribution in [0.5, 0.6) is 0 Å². The largest absolute Gasteiger partial charge is 0.444 e. The predicted molar refractivity (Wildman–Crippen MR) is 382 cm³/mol. The average molecular weight is 1500 g/mol. The number of piperidine rings is 1. The van der Waals surface area contributed by atoms with Gasteiger partial charge >= 0.3 is 30.5 Å². The summed E-state index contributed by atoms with van der Waals surface area (Å²) < 4.78 is 57.3. The highest BCUT2D eigenvalue weighted by atomic mass is 35.5. The molecule has 3 fully saturated rings. The van der Waals surface area contributed by atoms with Crippen molar-refractivity contribution in [3.63, 3.8) is 0 Å². The summed E-state index contributed by atoms with van der Waals surface area (Å²) in [5, 5.41) is 10.5. The molecule has 0 radical (unpaired) electrons. The fourth-order valence-electron chi connectivity index (χ4n) is 8.50. The Morgan fingerprint density at radius 3 is 1.53 bits per heavy atom. The molecule has 24 nitrogen and oxygen atoms in total. The molecule has 99 heavy (non-hydrogen) atoms. The third-order valence-electron chi connectivity index (χ3n) is 12.7. The van der Waals surface area contributed by atoms with E-state index in [-0.39, 0.29) is 39.2 Å². The number of carbonyl (C=O) groups is 4. The second kappa shape index (κ2) is 39.3. The Kier molecular flexibility index (Phi) is 33.2. The topological polar surface area (TPSA) is 287 Å². The molecule has 0 bridgehead atoms. The van der Waals surface area contributed by atoms with Crippen LogP contribution in [-0.4, -0.2) is 158 Å². The van der Waals surface area contributed by atoms with Crippen molar-refractivity contribution in [2.24, 2.45) is 4.99 Å². The summed E-state index contributed by atoms with van der Waals surface area (Å²) in [6.07, 6.45) is 3.72. The molecule has 0 atom stereocenters. The van der Waals surface area contributed by atoms with Crippen molar-refractivity contribution in [1.82, 2.24) is 45.0 Å². The number of aromatic nitrogens is 6. The summed E-state index contributed by atoms with van der Waals surface area (Å²) in [6, 6.07) is 18.8. The molecule has 540 valence electrons. The van der Waals surface area contributed by atoms with Crippen LogP contribution in [0.25, 0.3) is 0 Å². The first-order valence-corrected chi connectivity index (χ1v) is 33.3. The molecule has 0 unspecified atom stereocenters. The summed E-state index contributed by atoms with van der Waals surface area (Å²) >= 11 is 34.5. The number of amides is 4. The summed E-state index contributed by atoms with van der Waals surface area (Å²) in [7, 11) is 0. The normalized spacial score (nSPS) is 13.9. The predicted octanol–water partition coefficient (Wildman–Crippen LogP) is 16.5. The van der Waals surface area contributed by atoms with Crippen molar-refractivity contribution < 1.29 is 56.1 Å². The lowest BCUT2D eigenvalue weighted by Crippen LogP contribution is -2.50. The molecule has 6 heterocycles. The summed E-state index contributed by atoms with van der Waals surface area (Å²) in [6.45, 7) is 29.7. The number of nitrogens with two attached hydrogens (primary N) is 1. The van der Waals surface area contributed by atoms with Gasteiger partial charge in [-0.3, -0.25) is 10.6 Å². The van der Waals surface area contributed by atoms with E-state index in [0.29, 0.717) is 76.4 Å². The monoisotopic (exact) mass is 1500 g/mol. The van der Waals surface area contributed by atoms with Crippen molar-refractivity contribution >= 4 is 134 Å². The van der Waals surface area contributed by atoms with Gasteiger partial charge in [0.05, 0.1) is 46.2 Å². The number of hydrogen-bond acceptors (Lipinski definition) is 20. The lowest BCUT2D eigenvalue weighted by Gasteiger charge is -2.36. The number of hydrogen-bond donors (Lipinski definition) is 4. The van der Waals surface area contributed by atoms with Gasteiger partial charge in [0.25, 0.3) is 0 Å². The van der Waals surface area contributed by atoms with Gasteiger partial charge in [0.15, 0.2) is 16.8 Å². The minimum Gasteiger partial charge on any atom is -0.444 e. The van der Waals surface area contributed by atoms with Gasteiger partial charge in [-0.25, -0.2) is 48.9 Å². The Bertz CT molecular complexity index is 3650. The number of anilines is 5. The number of carbonyl (C=O) groups excluding carboxylic acids is 5. The van der Waals surface area contributed by atoms with Crippen LogP contribution in [0.4, 0.5) is 66.7 Å². The Morgan fingerprint density at radius 1 is 0.556 bits per heavy atom. The SMILES string of the molecule is CC(C)(C)OC(=O)N1CCCCC1.CC(C)(C)OC(=O)N1CCN(c2nc(Cl)ncc2Cl)CC1.CC(C)(C)OC(=O)Nc1ccccc1Cc1ncc(Cl)c(N2CCNCC2)n1.CC(C)(C)OC(=O)Nc1ccccc1N.Clc1ncc(Cl)c(Cl)n1.O=C=Nc1cccc(C(F)(F)F)c1. The van der Waals surface area contributed by atoms with E-state index < -0.39 is 40.7 Å². The fraction of sp³-hybridized carbons (Fsp3) is 0.470. The van der Waals surface area contributed by atoms with E-state index in [1.807, 2.05) is 91.5 Å². The highest BCUT2D eigenvalue weighted by molar-refractivity contribution is 6.41. The van der Waals surface area contributed by atoms with E-state index in [1.54, 1.807) is 61.0 Å². The average Bonchev–Trinajstić information content (AvgIpc) is 0.848. The van der Waals surface area contributed by atoms with E-state index in [0.717, 1.165) is 75.6 Å². The van der Waals surface area contributed by atoms with Gasteiger partial charge in [0.2, 0.25) is 16.6 Å². The number of likely N-dealkylation sites (tertiary alicyclic amines) is 1. The van der Waals surface area contributed by atoms with Crippen LogP contribution in [-0.2, 0) is 36.3 Å². The molecular formula is C66H84Cl6F3N15O9. The van der Waals surface area contributed by atoms with Gasteiger partial charge in [-0.2, -0.15) is 23.1 Å². The number of aliphatic imine (C=N–C) groups is 1. The van der Waals surface area contributed by atoms with Gasteiger partial charge in [-0.05, 0) is 168 Å². The first-order valence-electron chi connectivity index (χ1n) is 31.1. The number of alkyl halides is 3. The maximum atomic E-state index is 12.1. The Morgan fingerprint density at radius 2 is 1.02 bits per heavy atom. The second-order valence-corrected chi connectivity index (χ2v) is 27.9. The Balaban J connectivity index is 0.000000262. The van der Waals surface area contributed by atoms with Crippen LogP contribution in [0, 0.1) is 0 Å². The van der Waals surface area contributed by atoms with Crippen molar-refractivity contribution in [1.29, 1.82) is 0 Å². The molecule has 0 spiro atoms. The van der Waals surface area contributed by atoms with Crippen LogP contribution in [0.2, 0.25) is 30.8 Å². The molecule has 3 aliphatic rings. The zero-order valence-electron chi connectivity index (χ0n) is 57.1. The van der Waals surface area contributed by atoms with Crippen LogP contribution in [0.15, 0.2) is 96.4 Å². The summed E-state index contributed by atoms with van der Waals surface area (Å²) in [5.41, 5.74) is 5.52. The van der Waals surface area contributed by atoms with Crippen molar-refractivity contribution in [2.45, 2.75) is 137 Å². The number of nitrogen functional groups attached to an aromatic ring is 1. The molecule has 3 aliphatic heterocycles. The van der Waals surface area contributed by atoms with Gasteiger partial charge in [0.1, 0.15) is 38.3 Å². The molecule has 6 aromatic rings. The van der Waals surface area contributed by atoms with Gasteiger partial charge in [-0.15, -0.1) is 0 Å². The van der Waals surface area contributed by atoms with Crippen molar-refractivity contribution in [3.8, 4) is 0 Å². The van der Waals surface area contributed by atoms with E-state index in [4.69, 9.17) is 94.3 Å².